The Bertz CT molecular complexity index is 988. The van der Waals surface area contributed by atoms with Crippen LogP contribution in [0.2, 0.25) is 5.02 Å². The van der Waals surface area contributed by atoms with E-state index in [-0.39, 0.29) is 12.0 Å². The molecule has 2 aromatic carbocycles. The number of hydrogen-bond acceptors (Lipinski definition) is 4. The fourth-order valence-electron chi connectivity index (χ4n) is 5.39. The van der Waals surface area contributed by atoms with Gasteiger partial charge in [0.15, 0.2) is 0 Å². The van der Waals surface area contributed by atoms with Gasteiger partial charge < -0.3 is 14.7 Å². The van der Waals surface area contributed by atoms with Gasteiger partial charge in [-0.1, -0.05) is 73.3 Å². The number of rotatable bonds is 5. The molecule has 4 rings (SSSR count). The van der Waals surface area contributed by atoms with Crippen molar-refractivity contribution < 1.29 is 14.6 Å². The average Bonchev–Trinajstić information content (AvgIpc) is 2.83. The topological polar surface area (TPSA) is 53.0 Å². The number of benzene rings is 2. The molecule has 1 saturated heterocycles. The summed E-state index contributed by atoms with van der Waals surface area (Å²) >= 11 is 6.42. The van der Waals surface area contributed by atoms with Crippen molar-refractivity contribution in [2.45, 2.75) is 70.0 Å². The molecular weight excluding hydrogens is 460 g/mol. The van der Waals surface area contributed by atoms with Crippen molar-refractivity contribution in [1.82, 2.24) is 9.80 Å². The van der Waals surface area contributed by atoms with Crippen LogP contribution in [-0.4, -0.2) is 64.9 Å². The molecule has 0 aromatic heterocycles. The van der Waals surface area contributed by atoms with Crippen molar-refractivity contribution >= 4 is 17.7 Å². The first-order valence-electron chi connectivity index (χ1n) is 12.9. The van der Waals surface area contributed by atoms with E-state index in [0.29, 0.717) is 13.1 Å². The highest BCUT2D eigenvalue weighted by Crippen LogP contribution is 2.41. The third kappa shape index (κ3) is 6.58. The van der Waals surface area contributed by atoms with Crippen molar-refractivity contribution in [3.8, 4) is 11.1 Å². The minimum atomic E-state index is -0.702. The molecule has 2 fully saturated rings. The maximum Gasteiger partial charge on any atom is 0.410 e. The molecule has 0 bridgehead atoms. The van der Waals surface area contributed by atoms with E-state index in [1.165, 1.54) is 12.0 Å². The maximum absolute atomic E-state index is 12.5. The van der Waals surface area contributed by atoms with Gasteiger partial charge in [0.05, 0.1) is 5.60 Å². The molecule has 1 unspecified atom stereocenters. The summed E-state index contributed by atoms with van der Waals surface area (Å²) in [5.74, 6) is 0.0242. The van der Waals surface area contributed by atoms with Crippen LogP contribution in [0.5, 0.6) is 0 Å². The van der Waals surface area contributed by atoms with Crippen LogP contribution in [0.3, 0.4) is 0 Å². The van der Waals surface area contributed by atoms with E-state index in [1.54, 1.807) is 4.90 Å². The van der Waals surface area contributed by atoms with Crippen LogP contribution in [0.1, 0.15) is 64.4 Å². The molecular formula is C29H39ClN2O3. The normalized spacial score (nSPS) is 19.9. The first-order chi connectivity index (χ1) is 16.6. The van der Waals surface area contributed by atoms with Gasteiger partial charge in [-0.15, -0.1) is 0 Å². The zero-order chi connectivity index (χ0) is 25.1. The molecule has 1 amide bonds. The lowest BCUT2D eigenvalue weighted by molar-refractivity contribution is -0.0356. The molecule has 1 saturated carbocycles. The van der Waals surface area contributed by atoms with Crippen molar-refractivity contribution in [3.05, 3.63) is 59.1 Å². The number of aliphatic hydroxyl groups is 1. The van der Waals surface area contributed by atoms with Crippen molar-refractivity contribution in [1.29, 1.82) is 0 Å². The molecule has 0 spiro atoms. The Kier molecular flexibility index (Phi) is 8.09. The molecule has 0 radical (unpaired) electrons. The summed E-state index contributed by atoms with van der Waals surface area (Å²) in [6.45, 7) is 9.32. The molecule has 6 heteroatoms. The second kappa shape index (κ2) is 10.9. The molecule has 1 aliphatic heterocycles. The molecule has 1 N–H and O–H groups in total. The molecule has 1 heterocycles. The lowest BCUT2D eigenvalue weighted by atomic mass is 9.72. The van der Waals surface area contributed by atoms with E-state index in [9.17, 15) is 9.90 Å². The van der Waals surface area contributed by atoms with Gasteiger partial charge in [0.25, 0.3) is 0 Å². The third-order valence-corrected chi connectivity index (χ3v) is 7.66. The standard InChI is InChI=1S/C29H39ClN2O3/c1-28(2,3)35-27(33)32-19-17-31(18-20-32)21-25(29(34)15-7-4-8-16-29)23-13-11-22(12-14-23)24-9-5-6-10-26(24)30/h5-6,9-14,25,34H,4,7-8,15-21H2,1-3H3. The van der Waals surface area contributed by atoms with Gasteiger partial charge in [-0.05, 0) is 50.8 Å². The Hall–Kier alpha value is -2.08. The summed E-state index contributed by atoms with van der Waals surface area (Å²) in [6.07, 6.45) is 4.75. The number of nitrogens with zero attached hydrogens (tertiary/aromatic N) is 2. The quantitative estimate of drug-likeness (QED) is 0.522. The van der Waals surface area contributed by atoms with Gasteiger partial charge in [-0.3, -0.25) is 4.90 Å². The summed E-state index contributed by atoms with van der Waals surface area (Å²) < 4.78 is 5.55. The van der Waals surface area contributed by atoms with Gasteiger partial charge in [0.1, 0.15) is 5.60 Å². The van der Waals surface area contributed by atoms with Crippen LogP contribution < -0.4 is 0 Å². The molecule has 2 aliphatic rings. The summed E-state index contributed by atoms with van der Waals surface area (Å²) in [7, 11) is 0. The Morgan fingerprint density at radius 1 is 1.00 bits per heavy atom. The monoisotopic (exact) mass is 498 g/mol. The van der Waals surface area contributed by atoms with Gasteiger partial charge >= 0.3 is 6.09 Å². The fourth-order valence-corrected chi connectivity index (χ4v) is 5.63. The van der Waals surface area contributed by atoms with Gasteiger partial charge in [0.2, 0.25) is 0 Å². The number of piperazine rings is 1. The highest BCUT2D eigenvalue weighted by atomic mass is 35.5. The van der Waals surface area contributed by atoms with E-state index < -0.39 is 11.2 Å². The van der Waals surface area contributed by atoms with Crippen molar-refractivity contribution in [2.24, 2.45) is 0 Å². The molecule has 190 valence electrons. The maximum atomic E-state index is 12.5. The van der Waals surface area contributed by atoms with Crippen LogP contribution in [-0.2, 0) is 4.74 Å². The second-order valence-electron chi connectivity index (χ2n) is 11.1. The second-order valence-corrected chi connectivity index (χ2v) is 11.5. The number of carbonyl (C=O) groups excluding carboxylic acids is 1. The predicted molar refractivity (Wildman–Crippen MR) is 142 cm³/mol. The number of hydrogen-bond donors (Lipinski definition) is 1. The van der Waals surface area contributed by atoms with Crippen LogP contribution in [0.4, 0.5) is 4.79 Å². The highest BCUT2D eigenvalue weighted by Gasteiger charge is 2.40. The van der Waals surface area contributed by atoms with E-state index in [1.807, 2.05) is 45.0 Å². The first-order valence-corrected chi connectivity index (χ1v) is 13.3. The zero-order valence-corrected chi connectivity index (χ0v) is 22.1. The lowest BCUT2D eigenvalue weighted by Crippen LogP contribution is -2.52. The Morgan fingerprint density at radius 3 is 2.23 bits per heavy atom. The van der Waals surface area contributed by atoms with Gasteiger partial charge in [-0.25, -0.2) is 4.79 Å². The third-order valence-electron chi connectivity index (χ3n) is 7.33. The lowest BCUT2D eigenvalue weighted by Gasteiger charge is -2.43. The SMILES string of the molecule is CC(C)(C)OC(=O)N1CCN(CC(c2ccc(-c3ccccc3Cl)cc2)C2(O)CCCCC2)CC1. The van der Waals surface area contributed by atoms with Crippen molar-refractivity contribution in [2.75, 3.05) is 32.7 Å². The van der Waals surface area contributed by atoms with Gasteiger partial charge in [0, 0.05) is 49.2 Å². The Labute approximate surface area is 215 Å². The van der Waals surface area contributed by atoms with Crippen LogP contribution >= 0.6 is 11.6 Å². The molecule has 5 nitrogen and oxygen atoms in total. The average molecular weight is 499 g/mol. The van der Waals surface area contributed by atoms with E-state index in [2.05, 4.69) is 29.2 Å². The predicted octanol–water partition coefficient (Wildman–Crippen LogP) is 6.34. The van der Waals surface area contributed by atoms with Crippen LogP contribution in [0, 0.1) is 0 Å². The number of amides is 1. The van der Waals surface area contributed by atoms with Crippen molar-refractivity contribution in [3.63, 3.8) is 0 Å². The van der Waals surface area contributed by atoms with Crippen LogP contribution in [0.15, 0.2) is 48.5 Å². The molecule has 35 heavy (non-hydrogen) atoms. The largest absolute Gasteiger partial charge is 0.444 e. The molecule has 1 atom stereocenters. The number of carbonyl (C=O) groups is 1. The summed E-state index contributed by atoms with van der Waals surface area (Å²) in [5.41, 5.74) is 2.08. The molecule has 1 aliphatic carbocycles. The van der Waals surface area contributed by atoms with Gasteiger partial charge in [-0.2, -0.15) is 0 Å². The Balaban J connectivity index is 1.49. The van der Waals surface area contributed by atoms with E-state index >= 15 is 0 Å². The van der Waals surface area contributed by atoms with Crippen LogP contribution in [0.25, 0.3) is 11.1 Å². The van der Waals surface area contributed by atoms with E-state index in [4.69, 9.17) is 16.3 Å². The number of halogens is 1. The highest BCUT2D eigenvalue weighted by molar-refractivity contribution is 6.33. The summed E-state index contributed by atoms with van der Waals surface area (Å²) in [4.78, 5) is 16.7. The Morgan fingerprint density at radius 2 is 1.63 bits per heavy atom. The van der Waals surface area contributed by atoms with E-state index in [0.717, 1.165) is 61.5 Å². The number of ether oxygens (including phenoxy) is 1. The minimum Gasteiger partial charge on any atom is -0.444 e. The zero-order valence-electron chi connectivity index (χ0n) is 21.3. The smallest absolute Gasteiger partial charge is 0.410 e. The minimum absolute atomic E-state index is 0.0242. The first kappa shape index (κ1) is 26.0. The summed E-state index contributed by atoms with van der Waals surface area (Å²) in [6, 6.07) is 16.5. The fraction of sp³-hybridized carbons (Fsp3) is 0.552. The summed E-state index contributed by atoms with van der Waals surface area (Å²) in [5, 5.41) is 12.5. The molecule has 2 aromatic rings.